The number of hydrogen-bond acceptors (Lipinski definition) is 4. The molecule has 2 aliphatic rings. The van der Waals surface area contributed by atoms with Crippen LogP contribution in [0.4, 0.5) is 5.69 Å². The van der Waals surface area contributed by atoms with Crippen molar-refractivity contribution in [3.63, 3.8) is 0 Å². The van der Waals surface area contributed by atoms with Gasteiger partial charge < -0.3 is 10.2 Å². The van der Waals surface area contributed by atoms with E-state index in [2.05, 4.69) is 5.32 Å². The number of amides is 1. The molecule has 0 aromatic heterocycles. The summed E-state index contributed by atoms with van der Waals surface area (Å²) in [6.07, 6.45) is 4.24. The molecular weight excluding hydrogens is 300 g/mol. The van der Waals surface area contributed by atoms with E-state index in [0.717, 1.165) is 38.6 Å². The lowest BCUT2D eigenvalue weighted by Crippen LogP contribution is -2.31. The summed E-state index contributed by atoms with van der Waals surface area (Å²) in [4.78, 5) is 14.0. The van der Waals surface area contributed by atoms with Gasteiger partial charge in [-0.1, -0.05) is 18.9 Å². The van der Waals surface area contributed by atoms with E-state index in [9.17, 15) is 13.2 Å². The van der Waals surface area contributed by atoms with E-state index in [1.807, 2.05) is 6.07 Å². The van der Waals surface area contributed by atoms with E-state index < -0.39 is 9.84 Å². The van der Waals surface area contributed by atoms with Crippen molar-refractivity contribution in [2.45, 2.75) is 48.3 Å². The third-order valence-corrected chi connectivity index (χ3v) is 6.93. The fourth-order valence-corrected chi connectivity index (χ4v) is 5.21. The topological polar surface area (TPSA) is 66.5 Å². The summed E-state index contributed by atoms with van der Waals surface area (Å²) in [5.41, 5.74) is 0.702. The van der Waals surface area contributed by atoms with Crippen LogP contribution in [-0.4, -0.2) is 44.1 Å². The zero-order valence-electron chi connectivity index (χ0n) is 12.8. The Morgan fingerprint density at radius 2 is 1.91 bits per heavy atom. The molecule has 2 fully saturated rings. The highest BCUT2D eigenvalue weighted by atomic mass is 32.2. The molecule has 1 amide bonds. The van der Waals surface area contributed by atoms with Gasteiger partial charge in [-0.25, -0.2) is 8.42 Å². The van der Waals surface area contributed by atoms with E-state index in [-0.39, 0.29) is 17.2 Å². The Kier molecular flexibility index (Phi) is 4.12. The molecule has 120 valence electrons. The SMILES string of the molecule is CN1CC[C@@H](Nc2cccc(S(=O)(=O)C3CCCC3)c2)C1=O. The van der Waals surface area contributed by atoms with Crippen molar-refractivity contribution in [2.75, 3.05) is 18.9 Å². The van der Waals surface area contributed by atoms with E-state index in [1.165, 1.54) is 0 Å². The summed E-state index contributed by atoms with van der Waals surface area (Å²) in [7, 11) is -1.47. The van der Waals surface area contributed by atoms with Crippen LogP contribution in [0.25, 0.3) is 0 Å². The number of likely N-dealkylation sites (tertiary alicyclic amines) is 1. The number of carbonyl (C=O) groups is 1. The Morgan fingerprint density at radius 3 is 2.55 bits per heavy atom. The van der Waals surface area contributed by atoms with Gasteiger partial charge >= 0.3 is 0 Å². The third kappa shape index (κ3) is 2.84. The highest BCUT2D eigenvalue weighted by molar-refractivity contribution is 7.92. The Morgan fingerprint density at radius 1 is 1.18 bits per heavy atom. The van der Waals surface area contributed by atoms with Crippen molar-refractivity contribution in [1.82, 2.24) is 4.90 Å². The molecule has 1 saturated heterocycles. The van der Waals surface area contributed by atoms with Crippen LogP contribution in [0.15, 0.2) is 29.2 Å². The molecule has 1 aliphatic carbocycles. The molecule has 1 N–H and O–H groups in total. The summed E-state index contributed by atoms with van der Waals surface area (Å²) in [5, 5.41) is 2.92. The minimum absolute atomic E-state index is 0.0593. The van der Waals surface area contributed by atoms with E-state index in [1.54, 1.807) is 30.1 Å². The van der Waals surface area contributed by atoms with Crippen molar-refractivity contribution in [1.29, 1.82) is 0 Å². The van der Waals surface area contributed by atoms with Gasteiger partial charge in [0.25, 0.3) is 0 Å². The van der Waals surface area contributed by atoms with Crippen LogP contribution in [0.3, 0.4) is 0 Å². The fourth-order valence-electron chi connectivity index (χ4n) is 3.31. The van der Waals surface area contributed by atoms with Crippen LogP contribution < -0.4 is 5.32 Å². The zero-order chi connectivity index (χ0) is 15.7. The van der Waals surface area contributed by atoms with Crippen molar-refractivity contribution >= 4 is 21.4 Å². The Hall–Kier alpha value is -1.56. The smallest absolute Gasteiger partial charge is 0.244 e. The lowest BCUT2D eigenvalue weighted by molar-refractivity contribution is -0.127. The van der Waals surface area contributed by atoms with Gasteiger partial charge in [0.1, 0.15) is 6.04 Å². The predicted molar refractivity (Wildman–Crippen MR) is 85.5 cm³/mol. The second kappa shape index (κ2) is 5.91. The largest absolute Gasteiger partial charge is 0.374 e. The molecule has 6 heteroatoms. The molecule has 1 atom stereocenters. The first-order valence-electron chi connectivity index (χ1n) is 7.84. The quantitative estimate of drug-likeness (QED) is 0.921. The maximum Gasteiger partial charge on any atom is 0.244 e. The zero-order valence-corrected chi connectivity index (χ0v) is 13.6. The van der Waals surface area contributed by atoms with E-state index in [0.29, 0.717) is 10.6 Å². The average molecular weight is 322 g/mol. The molecule has 0 bridgehead atoms. The van der Waals surface area contributed by atoms with Gasteiger partial charge in [0.2, 0.25) is 5.91 Å². The predicted octanol–water partition coefficient (Wildman–Crippen LogP) is 2.05. The van der Waals surface area contributed by atoms with Gasteiger partial charge in [0, 0.05) is 19.3 Å². The van der Waals surface area contributed by atoms with Crippen LogP contribution in [0.1, 0.15) is 32.1 Å². The number of sulfone groups is 1. The Labute approximate surface area is 131 Å². The highest BCUT2D eigenvalue weighted by Crippen LogP contribution is 2.30. The lowest BCUT2D eigenvalue weighted by Gasteiger charge is -2.16. The Bertz CT molecular complexity index is 666. The van der Waals surface area contributed by atoms with Crippen LogP contribution >= 0.6 is 0 Å². The summed E-state index contributed by atoms with van der Waals surface area (Å²) in [6, 6.07) is 6.63. The molecule has 22 heavy (non-hydrogen) atoms. The minimum atomic E-state index is -3.25. The maximum absolute atomic E-state index is 12.6. The van der Waals surface area contributed by atoms with E-state index in [4.69, 9.17) is 0 Å². The first-order chi connectivity index (χ1) is 10.5. The molecule has 3 rings (SSSR count). The van der Waals surface area contributed by atoms with Crippen LogP contribution in [-0.2, 0) is 14.6 Å². The summed E-state index contributed by atoms with van der Waals surface area (Å²) >= 11 is 0. The number of anilines is 1. The molecule has 0 spiro atoms. The number of hydrogen-bond donors (Lipinski definition) is 1. The van der Waals surface area contributed by atoms with Crippen molar-refractivity contribution in [3.05, 3.63) is 24.3 Å². The summed E-state index contributed by atoms with van der Waals surface area (Å²) in [6.45, 7) is 0.733. The van der Waals surface area contributed by atoms with Crippen molar-refractivity contribution in [3.8, 4) is 0 Å². The molecule has 1 aliphatic heterocycles. The average Bonchev–Trinajstić information content (AvgIpc) is 3.14. The first kappa shape index (κ1) is 15.3. The molecule has 1 saturated carbocycles. The molecule has 0 unspecified atom stereocenters. The number of rotatable bonds is 4. The highest BCUT2D eigenvalue weighted by Gasteiger charge is 2.31. The molecule has 1 aromatic carbocycles. The fraction of sp³-hybridized carbons (Fsp3) is 0.562. The second-order valence-corrected chi connectivity index (χ2v) is 8.45. The second-order valence-electron chi connectivity index (χ2n) is 6.22. The number of carbonyl (C=O) groups excluding carboxylic acids is 1. The van der Waals surface area contributed by atoms with Gasteiger partial charge in [0.15, 0.2) is 9.84 Å². The van der Waals surface area contributed by atoms with Crippen LogP contribution in [0.2, 0.25) is 0 Å². The third-order valence-electron chi connectivity index (χ3n) is 4.67. The molecule has 1 heterocycles. The Balaban J connectivity index is 1.79. The van der Waals surface area contributed by atoms with Gasteiger partial charge in [-0.05, 0) is 37.5 Å². The van der Waals surface area contributed by atoms with Gasteiger partial charge in [-0.3, -0.25) is 4.79 Å². The van der Waals surface area contributed by atoms with Gasteiger partial charge in [0.05, 0.1) is 10.1 Å². The maximum atomic E-state index is 12.6. The standard InChI is InChI=1S/C16H22N2O3S/c1-18-10-9-15(16(18)19)17-12-5-4-8-14(11-12)22(20,21)13-6-2-3-7-13/h4-5,8,11,13,15,17H,2-3,6-7,9-10H2,1H3/t15-/m1/s1. The summed E-state index contributed by atoms with van der Waals surface area (Å²) in [5.74, 6) is 0.0593. The van der Waals surface area contributed by atoms with Crippen molar-refractivity contribution in [2.24, 2.45) is 0 Å². The van der Waals surface area contributed by atoms with Crippen LogP contribution in [0, 0.1) is 0 Å². The monoisotopic (exact) mass is 322 g/mol. The first-order valence-corrected chi connectivity index (χ1v) is 9.38. The van der Waals surface area contributed by atoms with E-state index >= 15 is 0 Å². The number of nitrogens with one attached hydrogen (secondary N) is 1. The number of likely N-dealkylation sites (N-methyl/N-ethyl adjacent to an activating group) is 1. The summed E-state index contributed by atoms with van der Waals surface area (Å²) < 4.78 is 25.3. The molecule has 1 aromatic rings. The van der Waals surface area contributed by atoms with Crippen LogP contribution in [0.5, 0.6) is 0 Å². The molecule has 0 radical (unpaired) electrons. The normalized spacial score (nSPS) is 23.2. The van der Waals surface area contributed by atoms with Gasteiger partial charge in [-0.15, -0.1) is 0 Å². The molecule has 5 nitrogen and oxygen atoms in total. The molecular formula is C16H22N2O3S. The number of nitrogens with zero attached hydrogens (tertiary/aromatic N) is 1. The lowest BCUT2D eigenvalue weighted by atomic mass is 10.2. The number of benzene rings is 1. The van der Waals surface area contributed by atoms with Crippen molar-refractivity contribution < 1.29 is 13.2 Å². The van der Waals surface area contributed by atoms with Gasteiger partial charge in [-0.2, -0.15) is 0 Å². The minimum Gasteiger partial charge on any atom is -0.374 e.